The quantitative estimate of drug-likeness (QED) is 0.576. The second kappa shape index (κ2) is 8.70. The number of hydrogen-bond donors (Lipinski definition) is 1. The lowest BCUT2D eigenvalue weighted by atomic mass is 9.91. The maximum atomic E-state index is 13.2. The summed E-state index contributed by atoms with van der Waals surface area (Å²) in [5.74, 6) is -0.0413. The molecule has 0 spiro atoms. The van der Waals surface area contributed by atoms with Gasteiger partial charge in [-0.05, 0) is 44.4 Å². The Labute approximate surface area is 199 Å². The van der Waals surface area contributed by atoms with Crippen molar-refractivity contribution in [1.29, 1.82) is 0 Å². The standard InChI is InChI=1S/C27H31N3O4/c1-27(2,3)34-26(32)29-14-13-23-24(29)21(20-15-28-22-12-8-7-11-19(20)22)16-30(23)25(31)33-17-18-9-5-4-6-10-18/h4-12,15,21,23-24,28H,13-14,16-17H2,1-3H3. The van der Waals surface area contributed by atoms with Gasteiger partial charge in [0.05, 0.1) is 12.1 Å². The van der Waals surface area contributed by atoms with Crippen molar-refractivity contribution in [1.82, 2.24) is 14.8 Å². The number of amides is 2. The van der Waals surface area contributed by atoms with Gasteiger partial charge in [-0.15, -0.1) is 0 Å². The summed E-state index contributed by atoms with van der Waals surface area (Å²) in [6.07, 6.45) is 2.04. The van der Waals surface area contributed by atoms with Crippen molar-refractivity contribution in [2.75, 3.05) is 13.1 Å². The van der Waals surface area contributed by atoms with Gasteiger partial charge in [0.25, 0.3) is 0 Å². The second-order valence-corrected chi connectivity index (χ2v) is 10.1. The number of H-pyrrole nitrogens is 1. The molecule has 3 unspecified atom stereocenters. The molecule has 178 valence electrons. The van der Waals surface area contributed by atoms with Gasteiger partial charge in [-0.3, -0.25) is 0 Å². The Bertz CT molecular complexity index is 1180. The predicted molar refractivity (Wildman–Crippen MR) is 130 cm³/mol. The van der Waals surface area contributed by atoms with Crippen LogP contribution in [0, 0.1) is 0 Å². The van der Waals surface area contributed by atoms with E-state index < -0.39 is 5.60 Å². The van der Waals surface area contributed by atoms with Gasteiger partial charge in [0, 0.05) is 36.1 Å². The van der Waals surface area contributed by atoms with Gasteiger partial charge < -0.3 is 24.3 Å². The van der Waals surface area contributed by atoms with E-state index in [1.165, 1.54) is 0 Å². The number of likely N-dealkylation sites (tertiary alicyclic amines) is 2. The summed E-state index contributed by atoms with van der Waals surface area (Å²) in [6.45, 7) is 6.88. The fraction of sp³-hybridized carbons (Fsp3) is 0.407. The Morgan fingerprint density at radius 3 is 2.50 bits per heavy atom. The molecule has 34 heavy (non-hydrogen) atoms. The molecule has 7 heteroatoms. The summed E-state index contributed by atoms with van der Waals surface area (Å²) in [6, 6.07) is 17.5. The maximum absolute atomic E-state index is 13.2. The molecule has 0 aliphatic carbocycles. The van der Waals surface area contributed by atoms with Crippen LogP contribution in [0.5, 0.6) is 0 Å². The predicted octanol–water partition coefficient (Wildman–Crippen LogP) is 5.28. The average molecular weight is 462 g/mol. The fourth-order valence-electron chi connectivity index (χ4n) is 5.31. The molecular weight excluding hydrogens is 430 g/mol. The van der Waals surface area contributed by atoms with Crippen LogP contribution in [0.1, 0.15) is 44.2 Å². The van der Waals surface area contributed by atoms with Gasteiger partial charge in [-0.25, -0.2) is 9.59 Å². The number of fused-ring (bicyclic) bond motifs is 2. The van der Waals surface area contributed by atoms with Gasteiger partial charge in [0.15, 0.2) is 0 Å². The van der Waals surface area contributed by atoms with Crippen molar-refractivity contribution in [2.24, 2.45) is 0 Å². The molecule has 2 amide bonds. The van der Waals surface area contributed by atoms with E-state index in [0.29, 0.717) is 19.5 Å². The lowest BCUT2D eigenvalue weighted by Crippen LogP contribution is -2.44. The van der Waals surface area contributed by atoms with E-state index in [1.54, 1.807) is 0 Å². The van der Waals surface area contributed by atoms with Crippen LogP contribution in [-0.2, 0) is 16.1 Å². The summed E-state index contributed by atoms with van der Waals surface area (Å²) < 4.78 is 11.4. The van der Waals surface area contributed by atoms with Crippen LogP contribution in [0.2, 0.25) is 0 Å². The van der Waals surface area contributed by atoms with Gasteiger partial charge in [-0.1, -0.05) is 48.5 Å². The SMILES string of the molecule is CC(C)(C)OC(=O)N1CCC2C1C(c1c[nH]c3ccccc13)CN2C(=O)OCc1ccccc1. The normalized spacial score (nSPS) is 22.1. The molecule has 7 nitrogen and oxygen atoms in total. The minimum absolute atomic E-state index is 0.0413. The van der Waals surface area contributed by atoms with Crippen LogP contribution in [0.25, 0.3) is 10.9 Å². The van der Waals surface area contributed by atoms with Crippen molar-refractivity contribution in [3.63, 3.8) is 0 Å². The Hall–Kier alpha value is -3.48. The minimum atomic E-state index is -0.585. The van der Waals surface area contributed by atoms with Crippen molar-refractivity contribution < 1.29 is 19.1 Å². The maximum Gasteiger partial charge on any atom is 0.410 e. The highest BCUT2D eigenvalue weighted by atomic mass is 16.6. The van der Waals surface area contributed by atoms with E-state index in [2.05, 4.69) is 11.1 Å². The molecule has 2 fully saturated rings. The molecule has 0 radical (unpaired) electrons. The largest absolute Gasteiger partial charge is 0.445 e. The van der Waals surface area contributed by atoms with Crippen LogP contribution in [-0.4, -0.2) is 57.7 Å². The fourth-order valence-corrected chi connectivity index (χ4v) is 5.31. The molecule has 2 saturated heterocycles. The Kier molecular flexibility index (Phi) is 5.71. The van der Waals surface area contributed by atoms with Crippen LogP contribution in [0.3, 0.4) is 0 Å². The molecule has 3 atom stereocenters. The number of rotatable bonds is 3. The number of carbonyl (C=O) groups excluding carboxylic acids is 2. The van der Waals surface area contributed by atoms with Gasteiger partial charge in [0.2, 0.25) is 0 Å². The monoisotopic (exact) mass is 461 g/mol. The average Bonchev–Trinajstić information content (AvgIpc) is 3.51. The molecule has 2 aliphatic rings. The Morgan fingerprint density at radius 1 is 1.00 bits per heavy atom. The highest BCUT2D eigenvalue weighted by molar-refractivity contribution is 5.84. The van der Waals surface area contributed by atoms with Crippen LogP contribution >= 0.6 is 0 Å². The Balaban J connectivity index is 1.43. The number of nitrogens with one attached hydrogen (secondary N) is 1. The number of nitrogens with zero attached hydrogens (tertiary/aromatic N) is 2. The number of aromatic nitrogens is 1. The molecule has 5 rings (SSSR count). The highest BCUT2D eigenvalue weighted by Crippen LogP contribution is 2.43. The van der Waals surface area contributed by atoms with E-state index in [1.807, 2.05) is 85.3 Å². The highest BCUT2D eigenvalue weighted by Gasteiger charge is 2.53. The number of hydrogen-bond acceptors (Lipinski definition) is 4. The molecular formula is C27H31N3O4. The van der Waals surface area contributed by atoms with Gasteiger partial charge >= 0.3 is 12.2 Å². The smallest absolute Gasteiger partial charge is 0.410 e. The molecule has 0 saturated carbocycles. The van der Waals surface area contributed by atoms with Gasteiger partial charge in [0.1, 0.15) is 12.2 Å². The minimum Gasteiger partial charge on any atom is -0.445 e. The third-order valence-electron chi connectivity index (χ3n) is 6.71. The topological polar surface area (TPSA) is 74.9 Å². The van der Waals surface area contributed by atoms with E-state index in [4.69, 9.17) is 9.47 Å². The number of aromatic amines is 1. The molecule has 3 aromatic rings. The summed E-state index contributed by atoms with van der Waals surface area (Å²) >= 11 is 0. The van der Waals surface area contributed by atoms with Crippen molar-refractivity contribution in [2.45, 2.75) is 57.4 Å². The van der Waals surface area contributed by atoms with E-state index in [0.717, 1.165) is 22.0 Å². The Morgan fingerprint density at radius 2 is 1.74 bits per heavy atom. The first-order valence-electron chi connectivity index (χ1n) is 11.8. The summed E-state index contributed by atoms with van der Waals surface area (Å²) in [5, 5.41) is 1.11. The molecule has 1 N–H and O–H groups in total. The first kappa shape index (κ1) is 22.3. The summed E-state index contributed by atoms with van der Waals surface area (Å²) in [7, 11) is 0. The zero-order valence-corrected chi connectivity index (χ0v) is 19.9. The molecule has 2 aliphatic heterocycles. The van der Waals surface area contributed by atoms with Crippen molar-refractivity contribution in [3.8, 4) is 0 Å². The van der Waals surface area contributed by atoms with Crippen molar-refractivity contribution >= 4 is 23.1 Å². The van der Waals surface area contributed by atoms with Crippen LogP contribution in [0.4, 0.5) is 9.59 Å². The summed E-state index contributed by atoms with van der Waals surface area (Å²) in [4.78, 5) is 33.3. The summed E-state index contributed by atoms with van der Waals surface area (Å²) in [5.41, 5.74) is 2.51. The number of carbonyl (C=O) groups is 2. The number of benzene rings is 2. The third kappa shape index (κ3) is 4.22. The first-order chi connectivity index (χ1) is 16.3. The zero-order chi connectivity index (χ0) is 23.9. The van der Waals surface area contributed by atoms with E-state index in [-0.39, 0.29) is 36.8 Å². The molecule has 1 aromatic heterocycles. The number of ether oxygens (including phenoxy) is 2. The van der Waals surface area contributed by atoms with Gasteiger partial charge in [-0.2, -0.15) is 0 Å². The van der Waals surface area contributed by atoms with E-state index >= 15 is 0 Å². The molecule has 3 heterocycles. The first-order valence-corrected chi connectivity index (χ1v) is 11.8. The lowest BCUT2D eigenvalue weighted by molar-refractivity contribution is 0.0209. The van der Waals surface area contributed by atoms with Crippen molar-refractivity contribution in [3.05, 3.63) is 71.9 Å². The van der Waals surface area contributed by atoms with Crippen LogP contribution < -0.4 is 0 Å². The zero-order valence-electron chi connectivity index (χ0n) is 19.9. The second-order valence-electron chi connectivity index (χ2n) is 10.1. The third-order valence-corrected chi connectivity index (χ3v) is 6.71. The van der Waals surface area contributed by atoms with E-state index in [9.17, 15) is 9.59 Å². The molecule has 0 bridgehead atoms. The lowest BCUT2D eigenvalue weighted by Gasteiger charge is -2.31. The molecule has 2 aromatic carbocycles. The van der Waals surface area contributed by atoms with Crippen LogP contribution in [0.15, 0.2) is 60.8 Å². The number of para-hydroxylation sites is 1.